The van der Waals surface area contributed by atoms with Crippen LogP contribution >= 0.6 is 0 Å². The molecule has 6 heteroatoms. The lowest BCUT2D eigenvalue weighted by Crippen LogP contribution is -2.36. The summed E-state index contributed by atoms with van der Waals surface area (Å²) >= 11 is 0. The predicted molar refractivity (Wildman–Crippen MR) is 53.7 cm³/mol. The SMILES string of the molecule is NCCC(=O)N1CCc2noc(N)c2C1. The van der Waals surface area contributed by atoms with Crippen molar-refractivity contribution < 1.29 is 9.32 Å². The number of fused-ring (bicyclic) bond motifs is 1. The van der Waals surface area contributed by atoms with Crippen molar-refractivity contribution in [2.24, 2.45) is 5.73 Å². The molecule has 1 aliphatic heterocycles. The van der Waals surface area contributed by atoms with E-state index in [1.807, 2.05) is 0 Å². The second-order valence-corrected chi connectivity index (χ2v) is 3.58. The van der Waals surface area contributed by atoms with Gasteiger partial charge in [-0.05, 0) is 0 Å². The van der Waals surface area contributed by atoms with E-state index in [0.29, 0.717) is 38.4 Å². The van der Waals surface area contributed by atoms with Gasteiger partial charge in [0, 0.05) is 25.9 Å². The standard InChI is InChI=1S/C9H14N4O2/c10-3-1-8(14)13-4-2-7-6(5-13)9(11)15-12-7/h1-5,10-11H2. The molecule has 6 nitrogen and oxygen atoms in total. The van der Waals surface area contributed by atoms with Gasteiger partial charge in [-0.25, -0.2) is 0 Å². The lowest BCUT2D eigenvalue weighted by Gasteiger charge is -2.25. The molecule has 0 aliphatic carbocycles. The Morgan fingerprint density at radius 2 is 2.40 bits per heavy atom. The average molecular weight is 210 g/mol. The van der Waals surface area contributed by atoms with Crippen LogP contribution in [0, 0.1) is 0 Å². The molecule has 1 aromatic rings. The van der Waals surface area contributed by atoms with Crippen molar-refractivity contribution >= 4 is 11.8 Å². The quantitative estimate of drug-likeness (QED) is 0.685. The summed E-state index contributed by atoms with van der Waals surface area (Å²) in [5.41, 5.74) is 12.6. The van der Waals surface area contributed by atoms with Crippen molar-refractivity contribution in [3.05, 3.63) is 11.3 Å². The van der Waals surface area contributed by atoms with Crippen LogP contribution in [0.15, 0.2) is 4.52 Å². The molecule has 15 heavy (non-hydrogen) atoms. The monoisotopic (exact) mass is 210 g/mol. The van der Waals surface area contributed by atoms with Gasteiger partial charge < -0.3 is 20.9 Å². The van der Waals surface area contributed by atoms with Gasteiger partial charge >= 0.3 is 0 Å². The Kier molecular flexibility index (Phi) is 2.59. The number of hydrogen-bond acceptors (Lipinski definition) is 5. The number of nitrogens with zero attached hydrogens (tertiary/aromatic N) is 2. The summed E-state index contributed by atoms with van der Waals surface area (Å²) in [6.45, 7) is 1.53. The van der Waals surface area contributed by atoms with Gasteiger partial charge in [0.05, 0.1) is 17.8 Å². The molecule has 82 valence electrons. The molecule has 4 N–H and O–H groups in total. The molecule has 0 bridgehead atoms. The summed E-state index contributed by atoms with van der Waals surface area (Å²) in [6.07, 6.45) is 1.08. The van der Waals surface area contributed by atoms with Gasteiger partial charge in [-0.3, -0.25) is 4.79 Å². The van der Waals surface area contributed by atoms with E-state index < -0.39 is 0 Å². The van der Waals surface area contributed by atoms with Crippen LogP contribution in [0.1, 0.15) is 17.7 Å². The number of amides is 1. The Morgan fingerprint density at radius 3 is 3.13 bits per heavy atom. The summed E-state index contributed by atoms with van der Waals surface area (Å²) in [7, 11) is 0. The third kappa shape index (κ3) is 1.80. The number of anilines is 1. The molecule has 0 atom stereocenters. The highest BCUT2D eigenvalue weighted by atomic mass is 16.5. The number of carbonyl (C=O) groups is 1. The highest BCUT2D eigenvalue weighted by Gasteiger charge is 2.25. The van der Waals surface area contributed by atoms with E-state index in [9.17, 15) is 4.79 Å². The normalized spacial score (nSPS) is 15.1. The fraction of sp³-hybridized carbons (Fsp3) is 0.556. The van der Waals surface area contributed by atoms with E-state index in [2.05, 4.69) is 5.16 Å². The van der Waals surface area contributed by atoms with Crippen LogP contribution in [0.2, 0.25) is 0 Å². The first-order chi connectivity index (χ1) is 7.22. The lowest BCUT2D eigenvalue weighted by atomic mass is 10.1. The summed E-state index contributed by atoms with van der Waals surface area (Å²) in [4.78, 5) is 13.3. The number of nitrogen functional groups attached to an aromatic ring is 1. The lowest BCUT2D eigenvalue weighted by molar-refractivity contribution is -0.131. The maximum atomic E-state index is 11.6. The molecule has 2 rings (SSSR count). The second-order valence-electron chi connectivity index (χ2n) is 3.58. The van der Waals surface area contributed by atoms with Crippen molar-refractivity contribution in [2.45, 2.75) is 19.4 Å². The van der Waals surface area contributed by atoms with E-state index >= 15 is 0 Å². The van der Waals surface area contributed by atoms with Gasteiger partial charge in [0.25, 0.3) is 0 Å². The third-order valence-corrected chi connectivity index (χ3v) is 2.58. The molecule has 0 fully saturated rings. The molecular weight excluding hydrogens is 196 g/mol. The highest BCUT2D eigenvalue weighted by molar-refractivity contribution is 5.76. The third-order valence-electron chi connectivity index (χ3n) is 2.58. The van der Waals surface area contributed by atoms with E-state index in [0.717, 1.165) is 11.3 Å². The molecule has 0 saturated heterocycles. The molecule has 0 aromatic carbocycles. The number of carbonyl (C=O) groups excluding carboxylic acids is 1. The average Bonchev–Trinajstić information content (AvgIpc) is 2.60. The van der Waals surface area contributed by atoms with Crippen LogP contribution in [0.25, 0.3) is 0 Å². The summed E-state index contributed by atoms with van der Waals surface area (Å²) < 4.78 is 4.87. The topological polar surface area (TPSA) is 98.4 Å². The van der Waals surface area contributed by atoms with Gasteiger partial charge in [-0.2, -0.15) is 0 Å². The van der Waals surface area contributed by atoms with Crippen molar-refractivity contribution in [3.63, 3.8) is 0 Å². The minimum atomic E-state index is 0.0590. The molecule has 1 aliphatic rings. The maximum Gasteiger partial charge on any atom is 0.227 e. The van der Waals surface area contributed by atoms with Crippen LogP contribution in [0.5, 0.6) is 0 Å². The first-order valence-corrected chi connectivity index (χ1v) is 4.93. The van der Waals surface area contributed by atoms with Gasteiger partial charge in [0.2, 0.25) is 11.8 Å². The zero-order valence-electron chi connectivity index (χ0n) is 8.40. The van der Waals surface area contributed by atoms with Crippen molar-refractivity contribution in [2.75, 3.05) is 18.8 Å². The fourth-order valence-electron chi connectivity index (χ4n) is 1.73. The highest BCUT2D eigenvalue weighted by Crippen LogP contribution is 2.23. The van der Waals surface area contributed by atoms with Gasteiger partial charge in [0.15, 0.2) is 0 Å². The van der Waals surface area contributed by atoms with Crippen LogP contribution in [0.4, 0.5) is 5.88 Å². The van der Waals surface area contributed by atoms with E-state index in [4.69, 9.17) is 16.0 Å². The van der Waals surface area contributed by atoms with Crippen molar-refractivity contribution in [1.29, 1.82) is 0 Å². The molecular formula is C9H14N4O2. The fourth-order valence-corrected chi connectivity index (χ4v) is 1.73. The molecule has 0 saturated carbocycles. The Labute approximate surface area is 87.2 Å². The van der Waals surface area contributed by atoms with Gasteiger partial charge in [-0.1, -0.05) is 5.16 Å². The van der Waals surface area contributed by atoms with E-state index in [-0.39, 0.29) is 5.91 Å². The van der Waals surface area contributed by atoms with Crippen LogP contribution in [0.3, 0.4) is 0 Å². The van der Waals surface area contributed by atoms with E-state index in [1.54, 1.807) is 4.90 Å². The van der Waals surface area contributed by atoms with E-state index in [1.165, 1.54) is 0 Å². The molecule has 1 aromatic heterocycles. The Bertz CT molecular complexity index is 374. The summed E-state index contributed by atoms with van der Waals surface area (Å²) in [5.74, 6) is 0.374. The van der Waals surface area contributed by atoms with Crippen LogP contribution in [-0.2, 0) is 17.8 Å². The first-order valence-electron chi connectivity index (χ1n) is 4.93. The maximum absolute atomic E-state index is 11.6. The molecule has 0 spiro atoms. The smallest absolute Gasteiger partial charge is 0.227 e. The molecule has 1 amide bonds. The number of rotatable bonds is 2. The van der Waals surface area contributed by atoms with Crippen LogP contribution < -0.4 is 11.5 Å². The number of nitrogens with two attached hydrogens (primary N) is 2. The van der Waals surface area contributed by atoms with Gasteiger partial charge in [-0.15, -0.1) is 0 Å². The zero-order chi connectivity index (χ0) is 10.8. The van der Waals surface area contributed by atoms with Crippen LogP contribution in [-0.4, -0.2) is 29.1 Å². The Morgan fingerprint density at radius 1 is 1.60 bits per heavy atom. The van der Waals surface area contributed by atoms with Crippen molar-refractivity contribution in [3.8, 4) is 0 Å². The largest absolute Gasteiger partial charge is 0.367 e. The minimum Gasteiger partial charge on any atom is -0.367 e. The molecule has 0 radical (unpaired) electrons. The first kappa shape index (κ1) is 9.97. The molecule has 0 unspecified atom stereocenters. The molecule has 2 heterocycles. The minimum absolute atomic E-state index is 0.0590. The Hall–Kier alpha value is -1.56. The Balaban J connectivity index is 2.11. The number of aromatic nitrogens is 1. The van der Waals surface area contributed by atoms with Gasteiger partial charge in [0.1, 0.15) is 0 Å². The second kappa shape index (κ2) is 3.90. The number of hydrogen-bond donors (Lipinski definition) is 2. The van der Waals surface area contributed by atoms with Crippen molar-refractivity contribution in [1.82, 2.24) is 10.1 Å². The zero-order valence-corrected chi connectivity index (χ0v) is 8.40. The summed E-state index contributed by atoms with van der Waals surface area (Å²) in [5, 5.41) is 3.83. The summed E-state index contributed by atoms with van der Waals surface area (Å²) in [6, 6.07) is 0. The predicted octanol–water partition coefficient (Wildman–Crippen LogP) is -0.510.